The minimum Gasteiger partial charge on any atom is -0.604 e. The third kappa shape index (κ3) is 26.0. The number of aliphatic hydroxyl groups is 4. The first kappa shape index (κ1) is 38.6. The van der Waals surface area contributed by atoms with Gasteiger partial charge in [-0.15, -0.1) is 0 Å². The fourth-order valence-electron chi connectivity index (χ4n) is 2.22. The summed E-state index contributed by atoms with van der Waals surface area (Å²) >= 11 is 0. The molecule has 0 saturated carbocycles. The van der Waals surface area contributed by atoms with E-state index in [0.717, 1.165) is 25.9 Å². The van der Waals surface area contributed by atoms with E-state index in [-0.39, 0.29) is 91.8 Å². The van der Waals surface area contributed by atoms with Gasteiger partial charge in [-0.3, -0.25) is 4.90 Å². The minimum atomic E-state index is 0. The van der Waals surface area contributed by atoms with E-state index in [0.29, 0.717) is 12.1 Å². The fraction of sp³-hybridized carbons (Fsp3) is 0.778. The van der Waals surface area contributed by atoms with Gasteiger partial charge in [-0.1, -0.05) is 13.2 Å². The Hall–Kier alpha value is 1.97. The summed E-state index contributed by atoms with van der Waals surface area (Å²) in [5, 5.41) is 33.1. The average molecular weight is 526 g/mol. The molecular formula is C18H40N2O4Y2-4. The van der Waals surface area contributed by atoms with Gasteiger partial charge in [0.2, 0.25) is 0 Å². The van der Waals surface area contributed by atoms with Crippen molar-refractivity contribution in [2.75, 3.05) is 39.5 Å². The van der Waals surface area contributed by atoms with Gasteiger partial charge in [-0.05, 0) is 33.2 Å². The van der Waals surface area contributed by atoms with E-state index in [9.17, 15) is 0 Å². The Morgan fingerprint density at radius 3 is 1.31 bits per heavy atom. The molecule has 4 N–H and O–H groups in total. The first-order valence-corrected chi connectivity index (χ1v) is 8.56. The Morgan fingerprint density at radius 1 is 0.769 bits per heavy atom. The number of aliphatic hydroxyl groups excluding tert-OH is 4. The molecule has 156 valence electrons. The maximum Gasteiger partial charge on any atom is 0.0445 e. The van der Waals surface area contributed by atoms with Crippen molar-refractivity contribution in [2.24, 2.45) is 0 Å². The summed E-state index contributed by atoms with van der Waals surface area (Å²) in [6, 6.07) is 0.680. The summed E-state index contributed by atoms with van der Waals surface area (Å²) in [7, 11) is 0. The van der Waals surface area contributed by atoms with Crippen molar-refractivity contribution in [1.29, 1.82) is 0 Å². The molecule has 0 fully saturated rings. The third-order valence-corrected chi connectivity index (χ3v) is 3.51. The number of hydrogen-bond acceptors (Lipinski definition) is 6. The second kappa shape index (κ2) is 31.7. The predicted octanol–water partition coefficient (Wildman–Crippen LogP) is 1.12. The summed E-state index contributed by atoms with van der Waals surface area (Å²) in [4.78, 5) is 4.52. The second-order valence-corrected chi connectivity index (χ2v) is 5.16. The van der Waals surface area contributed by atoms with Crippen LogP contribution in [0.2, 0.25) is 0 Å². The van der Waals surface area contributed by atoms with Gasteiger partial charge in [0, 0.05) is 97.3 Å². The van der Waals surface area contributed by atoms with Gasteiger partial charge in [-0.2, -0.15) is 13.8 Å². The van der Waals surface area contributed by atoms with Crippen LogP contribution in [0.4, 0.5) is 0 Å². The Kier molecular flexibility index (Phi) is 46.9. The van der Waals surface area contributed by atoms with Crippen LogP contribution in [-0.4, -0.2) is 81.8 Å². The van der Waals surface area contributed by atoms with E-state index in [1.165, 1.54) is 0 Å². The zero-order valence-corrected chi connectivity index (χ0v) is 22.9. The monoisotopic (exact) mass is 526 g/mol. The molecule has 0 amide bonds. The molecule has 0 heterocycles. The number of hydrogen-bond donors (Lipinski definition) is 4. The maximum absolute atomic E-state index is 9.07. The van der Waals surface area contributed by atoms with Gasteiger partial charge in [-0.25, -0.2) is 0 Å². The van der Waals surface area contributed by atoms with Crippen LogP contribution in [0.25, 0.3) is 0 Å². The van der Waals surface area contributed by atoms with Gasteiger partial charge >= 0.3 is 0 Å². The van der Waals surface area contributed by atoms with E-state index >= 15 is 0 Å². The number of rotatable bonds is 11. The van der Waals surface area contributed by atoms with Crippen LogP contribution in [0.1, 0.15) is 40.5 Å². The van der Waals surface area contributed by atoms with Crippen molar-refractivity contribution in [1.82, 2.24) is 9.80 Å². The van der Waals surface area contributed by atoms with E-state index in [2.05, 4.69) is 50.6 Å². The molecule has 0 aliphatic carbocycles. The summed E-state index contributed by atoms with van der Waals surface area (Å²) in [6.45, 7) is 20.9. The molecule has 2 unspecified atom stereocenters. The van der Waals surface area contributed by atoms with Crippen molar-refractivity contribution in [3.05, 3.63) is 26.9 Å². The molecule has 0 aromatic heterocycles. The van der Waals surface area contributed by atoms with Crippen molar-refractivity contribution in [3.8, 4) is 0 Å². The molecule has 8 heteroatoms. The van der Waals surface area contributed by atoms with Crippen molar-refractivity contribution >= 4 is 0 Å². The van der Waals surface area contributed by atoms with Gasteiger partial charge in [0.05, 0.1) is 0 Å². The van der Waals surface area contributed by atoms with Crippen molar-refractivity contribution in [3.63, 3.8) is 0 Å². The molecule has 0 saturated heterocycles. The summed E-state index contributed by atoms with van der Waals surface area (Å²) in [5.74, 6) is 0. The summed E-state index contributed by atoms with van der Waals surface area (Å²) in [5.41, 5.74) is 0. The van der Waals surface area contributed by atoms with Crippen LogP contribution in [0, 0.1) is 26.9 Å². The molecule has 2 radical (unpaired) electrons. The molecule has 0 aromatic rings. The van der Waals surface area contributed by atoms with Crippen LogP contribution in [0.15, 0.2) is 0 Å². The molecule has 0 rings (SSSR count). The first-order chi connectivity index (χ1) is 11.4. The molecule has 0 bridgehead atoms. The topological polar surface area (TPSA) is 87.4 Å². The standard InChI is InChI=1S/C14H30N2O2.2C2H5O.2Y/c1-5-15(6-2)9-10-16(13(3)7-11-17)14(4)8-12-18;2*1-2-3;;/h5-6,13-14,17-18H,7-12H2,1-4H3;2*3H,1-2H2;;/q-2;2*-1;;. The van der Waals surface area contributed by atoms with E-state index < -0.39 is 0 Å². The van der Waals surface area contributed by atoms with Crippen LogP contribution in [0.3, 0.4) is 0 Å². The summed E-state index contributed by atoms with van der Waals surface area (Å²) < 4.78 is 0. The van der Waals surface area contributed by atoms with E-state index in [1.54, 1.807) is 0 Å². The SMILES string of the molecule is C[CH-]N([CH-]C)CCN(C(C)CCO)C(C)CCO.[CH2-]CO.[CH2-]CO.[Y].[Y]. The van der Waals surface area contributed by atoms with Gasteiger partial charge in [0.1, 0.15) is 0 Å². The van der Waals surface area contributed by atoms with E-state index in [4.69, 9.17) is 20.4 Å². The number of nitrogens with zero attached hydrogens (tertiary/aromatic N) is 2. The molecule has 26 heavy (non-hydrogen) atoms. The van der Waals surface area contributed by atoms with Gasteiger partial charge < -0.3 is 52.3 Å². The second-order valence-electron chi connectivity index (χ2n) is 5.16. The quantitative estimate of drug-likeness (QED) is 0.302. The van der Waals surface area contributed by atoms with E-state index in [1.807, 2.05) is 13.8 Å². The largest absolute Gasteiger partial charge is 0.604 e. The molecule has 6 nitrogen and oxygen atoms in total. The normalized spacial score (nSPS) is 12.0. The Bertz CT molecular complexity index is 213. The zero-order chi connectivity index (χ0) is 19.4. The van der Waals surface area contributed by atoms with Gasteiger partial charge in [0.15, 0.2) is 0 Å². The van der Waals surface area contributed by atoms with Crippen LogP contribution in [0.5, 0.6) is 0 Å². The predicted molar refractivity (Wildman–Crippen MR) is 101 cm³/mol. The molecule has 0 aliphatic rings. The van der Waals surface area contributed by atoms with Crippen LogP contribution >= 0.6 is 0 Å². The Morgan fingerprint density at radius 2 is 1.08 bits per heavy atom. The smallest absolute Gasteiger partial charge is 0.0445 e. The molecular weight excluding hydrogens is 486 g/mol. The summed E-state index contributed by atoms with van der Waals surface area (Å²) in [6.07, 6.45) is 1.56. The first-order valence-electron chi connectivity index (χ1n) is 8.56. The molecule has 0 aliphatic heterocycles. The van der Waals surface area contributed by atoms with Crippen molar-refractivity contribution in [2.45, 2.75) is 52.6 Å². The van der Waals surface area contributed by atoms with Gasteiger partial charge in [0.25, 0.3) is 0 Å². The third-order valence-electron chi connectivity index (χ3n) is 3.51. The fourth-order valence-corrected chi connectivity index (χ4v) is 2.22. The Balaban J connectivity index is -0.000000161. The molecule has 2 atom stereocenters. The van der Waals surface area contributed by atoms with Crippen molar-refractivity contribution < 1.29 is 85.8 Å². The molecule has 0 spiro atoms. The maximum atomic E-state index is 9.07. The Labute approximate surface area is 212 Å². The average Bonchev–Trinajstić information content (AvgIpc) is 2.53. The zero-order valence-electron chi connectivity index (χ0n) is 17.2. The minimum absolute atomic E-state index is 0. The molecule has 0 aromatic carbocycles. The van der Waals surface area contributed by atoms with Crippen LogP contribution < -0.4 is 0 Å². The van der Waals surface area contributed by atoms with Crippen LogP contribution in [-0.2, 0) is 65.4 Å².